The molecule has 3 heterocycles. The van der Waals surface area contributed by atoms with Gasteiger partial charge in [-0.3, -0.25) is 10.1 Å². The van der Waals surface area contributed by atoms with Gasteiger partial charge in [0.2, 0.25) is 0 Å². The van der Waals surface area contributed by atoms with E-state index in [1.165, 1.54) is 12.1 Å². The van der Waals surface area contributed by atoms with Crippen molar-refractivity contribution in [2.24, 2.45) is 0 Å². The normalized spacial score (nSPS) is 19.8. The molecule has 1 aliphatic heterocycles. The van der Waals surface area contributed by atoms with Gasteiger partial charge in [0.15, 0.2) is 0 Å². The van der Waals surface area contributed by atoms with Crippen LogP contribution in [0.15, 0.2) is 41.1 Å². The largest absolute Gasteiger partial charge is 0.367 e. The van der Waals surface area contributed by atoms with Crippen LogP contribution in [0, 0.1) is 21.4 Å². The number of ether oxygens (including phenoxy) is 1. The van der Waals surface area contributed by atoms with Crippen molar-refractivity contribution in [2.45, 2.75) is 19.1 Å². The van der Waals surface area contributed by atoms with Gasteiger partial charge in [0.1, 0.15) is 11.9 Å². The highest BCUT2D eigenvalue weighted by Gasteiger charge is 2.28. The van der Waals surface area contributed by atoms with E-state index in [0.717, 1.165) is 5.56 Å². The van der Waals surface area contributed by atoms with Gasteiger partial charge >= 0.3 is 0 Å². The summed E-state index contributed by atoms with van der Waals surface area (Å²) >= 11 is 1.63. The summed E-state index contributed by atoms with van der Waals surface area (Å²) in [6.45, 7) is 3.32. The number of anilines is 1. The van der Waals surface area contributed by atoms with Crippen LogP contribution in [0.1, 0.15) is 24.2 Å². The molecule has 7 nitrogen and oxygen atoms in total. The molecule has 0 N–H and O–H groups in total. The van der Waals surface area contributed by atoms with E-state index in [1.807, 2.05) is 12.3 Å². The van der Waals surface area contributed by atoms with Crippen molar-refractivity contribution in [3.63, 3.8) is 0 Å². The lowest BCUT2D eigenvalue weighted by atomic mass is 10.1. The van der Waals surface area contributed by atoms with Crippen molar-refractivity contribution in [2.75, 3.05) is 18.0 Å². The van der Waals surface area contributed by atoms with E-state index in [1.54, 1.807) is 23.5 Å². The van der Waals surface area contributed by atoms with Gasteiger partial charge < -0.3 is 9.64 Å². The zero-order chi connectivity index (χ0) is 19.0. The SMILES string of the molecule is CC1CN(c2cc(C#N)c3cc([N+](=O)[O-])ccc3n2)CC(c2ccsc2)O1. The number of nitriles is 1. The monoisotopic (exact) mass is 380 g/mol. The summed E-state index contributed by atoms with van der Waals surface area (Å²) in [6, 6.07) is 10.3. The van der Waals surface area contributed by atoms with Crippen molar-refractivity contribution in [1.82, 2.24) is 4.98 Å². The Morgan fingerprint density at radius 1 is 1.37 bits per heavy atom. The number of nitro benzene ring substituents is 1. The first-order chi connectivity index (χ1) is 13.0. The molecule has 8 heteroatoms. The van der Waals surface area contributed by atoms with E-state index in [9.17, 15) is 15.4 Å². The lowest BCUT2D eigenvalue weighted by molar-refractivity contribution is -0.384. The number of aromatic nitrogens is 1. The Morgan fingerprint density at radius 3 is 2.93 bits per heavy atom. The van der Waals surface area contributed by atoms with E-state index in [-0.39, 0.29) is 17.9 Å². The summed E-state index contributed by atoms with van der Waals surface area (Å²) in [6.07, 6.45) is -0.0385. The standard InChI is InChI=1S/C19H16N4O3S/c1-12-9-22(10-18(26-12)13-4-5-27-11-13)19-6-14(8-20)16-7-15(23(24)25)2-3-17(16)21-19/h2-7,11-12,18H,9-10H2,1H3. The van der Waals surface area contributed by atoms with Crippen LogP contribution in [0.4, 0.5) is 11.5 Å². The Hall–Kier alpha value is -3.02. The number of non-ortho nitro benzene ring substituents is 1. The number of rotatable bonds is 3. The number of pyridine rings is 1. The predicted octanol–water partition coefficient (Wildman–Crippen LogP) is 4.04. The summed E-state index contributed by atoms with van der Waals surface area (Å²) in [5.41, 5.74) is 2.03. The molecule has 1 aliphatic rings. The van der Waals surface area contributed by atoms with Crippen molar-refractivity contribution < 1.29 is 9.66 Å². The molecular weight excluding hydrogens is 364 g/mol. The molecule has 0 bridgehead atoms. The Balaban J connectivity index is 1.73. The quantitative estimate of drug-likeness (QED) is 0.503. The second-order valence-electron chi connectivity index (χ2n) is 6.50. The third-order valence-electron chi connectivity index (χ3n) is 4.61. The Morgan fingerprint density at radius 2 is 2.22 bits per heavy atom. The molecule has 1 aromatic carbocycles. The summed E-state index contributed by atoms with van der Waals surface area (Å²) in [5, 5.41) is 25.2. The lowest BCUT2D eigenvalue weighted by Gasteiger charge is -2.37. The van der Waals surface area contributed by atoms with Crippen LogP contribution in [-0.4, -0.2) is 29.1 Å². The summed E-state index contributed by atoms with van der Waals surface area (Å²) in [7, 11) is 0. The molecule has 0 radical (unpaired) electrons. The second kappa shape index (κ2) is 6.95. The summed E-state index contributed by atoms with van der Waals surface area (Å²) in [4.78, 5) is 17.3. The molecule has 2 unspecified atom stereocenters. The maximum absolute atomic E-state index is 11.0. The van der Waals surface area contributed by atoms with Gasteiger partial charge in [-0.1, -0.05) is 0 Å². The number of benzene rings is 1. The smallest absolute Gasteiger partial charge is 0.270 e. The molecule has 0 aliphatic carbocycles. The highest BCUT2D eigenvalue weighted by atomic mass is 32.1. The van der Waals surface area contributed by atoms with Gasteiger partial charge in [-0.05, 0) is 41.4 Å². The van der Waals surface area contributed by atoms with Crippen LogP contribution in [0.2, 0.25) is 0 Å². The molecule has 1 fully saturated rings. The first kappa shape index (κ1) is 17.4. The van der Waals surface area contributed by atoms with Crippen LogP contribution < -0.4 is 4.90 Å². The average Bonchev–Trinajstić information content (AvgIpc) is 3.21. The van der Waals surface area contributed by atoms with Crippen LogP contribution in [0.5, 0.6) is 0 Å². The third kappa shape index (κ3) is 3.35. The van der Waals surface area contributed by atoms with Gasteiger partial charge in [-0.2, -0.15) is 16.6 Å². The fraction of sp³-hybridized carbons (Fsp3) is 0.263. The maximum atomic E-state index is 11.0. The number of fused-ring (bicyclic) bond motifs is 1. The van der Waals surface area contributed by atoms with E-state index >= 15 is 0 Å². The van der Waals surface area contributed by atoms with E-state index in [2.05, 4.69) is 27.4 Å². The van der Waals surface area contributed by atoms with Crippen LogP contribution in [-0.2, 0) is 4.74 Å². The number of hydrogen-bond donors (Lipinski definition) is 0. The fourth-order valence-corrected chi connectivity index (χ4v) is 4.05. The number of hydrogen-bond acceptors (Lipinski definition) is 7. The van der Waals surface area contributed by atoms with Crippen LogP contribution in [0.3, 0.4) is 0 Å². The van der Waals surface area contributed by atoms with E-state index < -0.39 is 4.92 Å². The second-order valence-corrected chi connectivity index (χ2v) is 7.28. The van der Waals surface area contributed by atoms with Crippen LogP contribution in [0.25, 0.3) is 10.9 Å². The van der Waals surface area contributed by atoms with Crippen molar-refractivity contribution in [3.05, 3.63) is 62.3 Å². The fourth-order valence-electron chi connectivity index (χ4n) is 3.35. The van der Waals surface area contributed by atoms with Crippen LogP contribution >= 0.6 is 11.3 Å². The first-order valence-corrected chi connectivity index (χ1v) is 9.41. The average molecular weight is 380 g/mol. The lowest BCUT2D eigenvalue weighted by Crippen LogP contribution is -2.43. The minimum absolute atomic E-state index is 0.0172. The molecule has 1 saturated heterocycles. The maximum Gasteiger partial charge on any atom is 0.270 e. The summed E-state index contributed by atoms with van der Waals surface area (Å²) in [5.74, 6) is 0.684. The molecule has 2 atom stereocenters. The van der Waals surface area contributed by atoms with Crippen molar-refractivity contribution in [3.8, 4) is 6.07 Å². The molecule has 27 heavy (non-hydrogen) atoms. The third-order valence-corrected chi connectivity index (χ3v) is 5.31. The van der Waals surface area contributed by atoms with Gasteiger partial charge in [0.05, 0.1) is 28.2 Å². The molecular formula is C19H16N4O3S. The van der Waals surface area contributed by atoms with E-state index in [4.69, 9.17) is 4.74 Å². The Labute approximate surface area is 159 Å². The number of morpholine rings is 1. The Bertz CT molecular complexity index is 1050. The molecule has 136 valence electrons. The molecule has 3 aromatic rings. The van der Waals surface area contributed by atoms with Gasteiger partial charge in [-0.25, -0.2) is 4.98 Å². The van der Waals surface area contributed by atoms with Crippen molar-refractivity contribution >= 4 is 33.7 Å². The van der Waals surface area contributed by atoms with Gasteiger partial charge in [0.25, 0.3) is 5.69 Å². The highest BCUT2D eigenvalue weighted by Crippen LogP contribution is 2.31. The zero-order valence-electron chi connectivity index (χ0n) is 14.5. The topological polar surface area (TPSA) is 92.3 Å². The Kier molecular flexibility index (Phi) is 4.48. The molecule has 4 rings (SSSR count). The molecule has 0 spiro atoms. The van der Waals surface area contributed by atoms with Crippen molar-refractivity contribution in [1.29, 1.82) is 5.26 Å². The number of nitro groups is 1. The number of thiophene rings is 1. The van der Waals surface area contributed by atoms with Gasteiger partial charge in [0, 0.05) is 30.6 Å². The summed E-state index contributed by atoms with van der Waals surface area (Å²) < 4.78 is 6.07. The zero-order valence-corrected chi connectivity index (χ0v) is 15.3. The minimum atomic E-state index is -0.469. The number of nitrogens with zero attached hydrogens (tertiary/aromatic N) is 4. The highest BCUT2D eigenvalue weighted by molar-refractivity contribution is 7.07. The van der Waals surface area contributed by atoms with E-state index in [0.29, 0.717) is 35.4 Å². The molecule has 2 aromatic heterocycles. The molecule has 0 amide bonds. The van der Waals surface area contributed by atoms with Gasteiger partial charge in [-0.15, -0.1) is 0 Å². The predicted molar refractivity (Wildman–Crippen MR) is 103 cm³/mol. The molecule has 0 saturated carbocycles. The first-order valence-electron chi connectivity index (χ1n) is 8.47. The minimum Gasteiger partial charge on any atom is -0.367 e.